The van der Waals surface area contributed by atoms with Gasteiger partial charge in [-0.25, -0.2) is 0 Å². The van der Waals surface area contributed by atoms with Gasteiger partial charge in [-0.3, -0.25) is 5.10 Å². The molecule has 1 aromatic heterocycles. The molecule has 0 atom stereocenters. The van der Waals surface area contributed by atoms with Gasteiger partial charge in [0.15, 0.2) is 0 Å². The number of nitrogens with zero attached hydrogens (tertiary/aromatic N) is 1. The Morgan fingerprint density at radius 3 is 2.59 bits per heavy atom. The van der Waals surface area contributed by atoms with E-state index in [1.165, 1.54) is 29.7 Å². The largest absolute Gasteiger partial charge is 0.317 e. The Hall–Kier alpha value is -1.61. The normalized spacial score (nSPS) is 17.2. The van der Waals surface area contributed by atoms with E-state index in [9.17, 15) is 0 Å². The van der Waals surface area contributed by atoms with Crippen LogP contribution in [-0.2, 0) is 0 Å². The summed E-state index contributed by atoms with van der Waals surface area (Å²) in [5.74, 6) is 0.619. The van der Waals surface area contributed by atoms with Crippen molar-refractivity contribution in [2.75, 3.05) is 13.1 Å². The van der Waals surface area contributed by atoms with E-state index < -0.39 is 0 Å². The first-order valence-electron chi connectivity index (χ1n) is 6.24. The first-order chi connectivity index (χ1) is 8.45. The van der Waals surface area contributed by atoms with Crippen LogP contribution in [0.1, 0.15) is 24.5 Å². The molecular weight excluding hydrogens is 210 g/mol. The molecule has 0 unspecified atom stereocenters. The van der Waals surface area contributed by atoms with Crippen molar-refractivity contribution in [3.63, 3.8) is 0 Å². The van der Waals surface area contributed by atoms with E-state index in [0.29, 0.717) is 5.92 Å². The molecule has 1 fully saturated rings. The SMILES string of the molecule is c1ccc(-c2cn[nH]c2C2CCNCC2)cc1. The average molecular weight is 227 g/mol. The fraction of sp³-hybridized carbons (Fsp3) is 0.357. The number of benzene rings is 1. The first-order valence-corrected chi connectivity index (χ1v) is 6.24. The van der Waals surface area contributed by atoms with Gasteiger partial charge in [0.1, 0.15) is 0 Å². The van der Waals surface area contributed by atoms with Crippen molar-refractivity contribution in [3.05, 3.63) is 42.2 Å². The highest BCUT2D eigenvalue weighted by molar-refractivity contribution is 5.65. The van der Waals surface area contributed by atoms with Gasteiger partial charge >= 0.3 is 0 Å². The van der Waals surface area contributed by atoms with Crippen LogP contribution in [0.2, 0.25) is 0 Å². The van der Waals surface area contributed by atoms with Gasteiger partial charge in [0, 0.05) is 17.2 Å². The van der Waals surface area contributed by atoms with Gasteiger partial charge < -0.3 is 5.32 Å². The van der Waals surface area contributed by atoms with Crippen LogP contribution in [-0.4, -0.2) is 23.3 Å². The van der Waals surface area contributed by atoms with Gasteiger partial charge in [-0.05, 0) is 31.5 Å². The van der Waals surface area contributed by atoms with Crippen LogP contribution in [0.4, 0.5) is 0 Å². The molecule has 2 heterocycles. The Balaban J connectivity index is 1.93. The highest BCUT2D eigenvalue weighted by Gasteiger charge is 2.20. The topological polar surface area (TPSA) is 40.7 Å². The highest BCUT2D eigenvalue weighted by Crippen LogP contribution is 2.31. The fourth-order valence-corrected chi connectivity index (χ4v) is 2.57. The molecule has 3 rings (SSSR count). The number of aromatic amines is 1. The minimum atomic E-state index is 0.619. The zero-order chi connectivity index (χ0) is 11.5. The van der Waals surface area contributed by atoms with Gasteiger partial charge in [0.25, 0.3) is 0 Å². The van der Waals surface area contributed by atoms with Gasteiger partial charge in [-0.2, -0.15) is 5.10 Å². The maximum Gasteiger partial charge on any atom is 0.0568 e. The van der Waals surface area contributed by atoms with E-state index in [-0.39, 0.29) is 0 Å². The quantitative estimate of drug-likeness (QED) is 0.827. The third kappa shape index (κ3) is 2.11. The van der Waals surface area contributed by atoms with Crippen molar-refractivity contribution < 1.29 is 0 Å². The second-order valence-corrected chi connectivity index (χ2v) is 4.59. The lowest BCUT2D eigenvalue weighted by molar-refractivity contribution is 0.453. The second kappa shape index (κ2) is 4.72. The van der Waals surface area contributed by atoms with Crippen molar-refractivity contribution in [1.82, 2.24) is 15.5 Å². The van der Waals surface area contributed by atoms with Crippen LogP contribution < -0.4 is 5.32 Å². The zero-order valence-electron chi connectivity index (χ0n) is 9.82. The van der Waals surface area contributed by atoms with Crippen molar-refractivity contribution in [2.45, 2.75) is 18.8 Å². The van der Waals surface area contributed by atoms with Crippen LogP contribution in [0.15, 0.2) is 36.5 Å². The molecule has 2 N–H and O–H groups in total. The standard InChI is InChI=1S/C14H17N3/c1-2-4-11(5-3-1)13-10-16-17-14(13)12-6-8-15-9-7-12/h1-5,10,12,15H,6-9H2,(H,16,17). The maximum atomic E-state index is 4.23. The molecule has 3 heteroatoms. The fourth-order valence-electron chi connectivity index (χ4n) is 2.57. The van der Waals surface area contributed by atoms with E-state index in [2.05, 4.69) is 39.8 Å². The minimum Gasteiger partial charge on any atom is -0.317 e. The second-order valence-electron chi connectivity index (χ2n) is 4.59. The summed E-state index contributed by atoms with van der Waals surface area (Å²) in [5.41, 5.74) is 3.82. The number of rotatable bonds is 2. The lowest BCUT2D eigenvalue weighted by atomic mass is 9.90. The Morgan fingerprint density at radius 1 is 1.06 bits per heavy atom. The summed E-state index contributed by atoms with van der Waals surface area (Å²) in [5, 5.41) is 10.8. The molecule has 0 saturated carbocycles. The lowest BCUT2D eigenvalue weighted by Gasteiger charge is -2.22. The smallest absolute Gasteiger partial charge is 0.0568 e. The molecule has 1 aromatic carbocycles. The third-order valence-corrected chi connectivity index (χ3v) is 3.50. The molecule has 17 heavy (non-hydrogen) atoms. The predicted molar refractivity (Wildman–Crippen MR) is 68.9 cm³/mol. The van der Waals surface area contributed by atoms with Crippen molar-refractivity contribution in [2.24, 2.45) is 0 Å². The van der Waals surface area contributed by atoms with Crippen molar-refractivity contribution >= 4 is 0 Å². The summed E-state index contributed by atoms with van der Waals surface area (Å²) in [7, 11) is 0. The summed E-state index contributed by atoms with van der Waals surface area (Å²) < 4.78 is 0. The molecule has 1 aliphatic heterocycles. The molecule has 0 radical (unpaired) electrons. The van der Waals surface area contributed by atoms with E-state index in [1.54, 1.807) is 0 Å². The van der Waals surface area contributed by atoms with Crippen LogP contribution in [0, 0.1) is 0 Å². The summed E-state index contributed by atoms with van der Waals surface area (Å²) >= 11 is 0. The summed E-state index contributed by atoms with van der Waals surface area (Å²) in [4.78, 5) is 0. The molecule has 0 spiro atoms. The van der Waals surface area contributed by atoms with Crippen molar-refractivity contribution in [1.29, 1.82) is 0 Å². The van der Waals surface area contributed by atoms with Crippen molar-refractivity contribution in [3.8, 4) is 11.1 Å². The first kappa shape index (κ1) is 10.5. The molecule has 88 valence electrons. The zero-order valence-corrected chi connectivity index (χ0v) is 9.82. The van der Waals surface area contributed by atoms with E-state index in [4.69, 9.17) is 0 Å². The number of piperidine rings is 1. The number of hydrogen-bond acceptors (Lipinski definition) is 2. The molecule has 1 aliphatic rings. The van der Waals surface area contributed by atoms with Gasteiger partial charge in [0.2, 0.25) is 0 Å². The van der Waals surface area contributed by atoms with Crippen LogP contribution in [0.5, 0.6) is 0 Å². The van der Waals surface area contributed by atoms with Gasteiger partial charge in [-0.1, -0.05) is 30.3 Å². The molecule has 0 amide bonds. The monoisotopic (exact) mass is 227 g/mol. The van der Waals surface area contributed by atoms with Gasteiger partial charge in [0.05, 0.1) is 6.20 Å². The predicted octanol–water partition coefficient (Wildman–Crippen LogP) is 2.54. The number of H-pyrrole nitrogens is 1. The van der Waals surface area contributed by atoms with Crippen LogP contribution in [0.25, 0.3) is 11.1 Å². The Bertz CT molecular complexity index is 469. The van der Waals surface area contributed by atoms with Crippen LogP contribution >= 0.6 is 0 Å². The lowest BCUT2D eigenvalue weighted by Crippen LogP contribution is -2.27. The third-order valence-electron chi connectivity index (χ3n) is 3.50. The highest BCUT2D eigenvalue weighted by atomic mass is 15.1. The minimum absolute atomic E-state index is 0.619. The molecule has 3 nitrogen and oxygen atoms in total. The van der Waals surface area contributed by atoms with E-state index in [1.807, 2.05) is 12.3 Å². The molecule has 0 aliphatic carbocycles. The van der Waals surface area contributed by atoms with Crippen LogP contribution in [0.3, 0.4) is 0 Å². The maximum absolute atomic E-state index is 4.23. The summed E-state index contributed by atoms with van der Waals surface area (Å²) in [6.07, 6.45) is 4.34. The van der Waals surface area contributed by atoms with E-state index in [0.717, 1.165) is 13.1 Å². The summed E-state index contributed by atoms with van der Waals surface area (Å²) in [6, 6.07) is 10.5. The summed E-state index contributed by atoms with van der Waals surface area (Å²) in [6.45, 7) is 2.22. The molecule has 2 aromatic rings. The molecule has 1 saturated heterocycles. The Kier molecular flexibility index (Phi) is 2.92. The molecular formula is C14H17N3. The Labute approximate surface area is 101 Å². The average Bonchev–Trinajstić information content (AvgIpc) is 2.90. The number of aromatic nitrogens is 2. The van der Waals surface area contributed by atoms with Gasteiger partial charge in [-0.15, -0.1) is 0 Å². The Morgan fingerprint density at radius 2 is 1.82 bits per heavy atom. The number of nitrogens with one attached hydrogen (secondary N) is 2. The van der Waals surface area contributed by atoms with E-state index >= 15 is 0 Å². The molecule has 0 bridgehead atoms. The number of hydrogen-bond donors (Lipinski definition) is 2.